The summed E-state index contributed by atoms with van der Waals surface area (Å²) < 4.78 is 16.1. The molecule has 128 valence electrons. The molecule has 7 heteroatoms. The van der Waals surface area contributed by atoms with Crippen molar-refractivity contribution in [2.75, 3.05) is 6.54 Å². The van der Waals surface area contributed by atoms with Gasteiger partial charge >= 0.3 is 0 Å². The van der Waals surface area contributed by atoms with Gasteiger partial charge in [0.1, 0.15) is 5.82 Å². The molecule has 1 aromatic carbocycles. The van der Waals surface area contributed by atoms with Crippen LogP contribution in [0.3, 0.4) is 0 Å². The summed E-state index contributed by atoms with van der Waals surface area (Å²) in [5.74, 6) is 0.219. The molecular weight excluding hydrogens is 327 g/mol. The highest BCUT2D eigenvalue weighted by molar-refractivity contribution is 8.00. The molecule has 1 heterocycles. The van der Waals surface area contributed by atoms with Crippen molar-refractivity contribution < 1.29 is 9.18 Å². The van der Waals surface area contributed by atoms with Crippen molar-refractivity contribution in [3.8, 4) is 11.4 Å². The Balaban J connectivity index is 1.85. The molecular formula is C17H21FN4OS. The Labute approximate surface area is 145 Å². The molecule has 3 rings (SSSR count). The van der Waals surface area contributed by atoms with Crippen LogP contribution in [-0.4, -0.2) is 32.5 Å². The number of halogens is 1. The van der Waals surface area contributed by atoms with Crippen LogP contribution in [-0.2, 0) is 4.79 Å². The molecule has 0 unspecified atom stereocenters. The Bertz CT molecular complexity index is 729. The smallest absolute Gasteiger partial charge is 0.233 e. The van der Waals surface area contributed by atoms with E-state index < -0.39 is 0 Å². The number of nitrogens with zero attached hydrogens (tertiary/aromatic N) is 3. The van der Waals surface area contributed by atoms with E-state index in [0.717, 1.165) is 19.3 Å². The van der Waals surface area contributed by atoms with Gasteiger partial charge in [0.05, 0.1) is 10.8 Å². The van der Waals surface area contributed by atoms with Crippen molar-refractivity contribution in [2.24, 2.45) is 0 Å². The normalized spacial score (nSPS) is 15.3. The second-order valence-corrected chi connectivity index (χ2v) is 7.25. The summed E-state index contributed by atoms with van der Waals surface area (Å²) in [6.07, 6.45) is 2.96. The molecule has 0 radical (unpaired) electrons. The van der Waals surface area contributed by atoms with E-state index in [2.05, 4.69) is 15.5 Å². The summed E-state index contributed by atoms with van der Waals surface area (Å²) >= 11 is 1.37. The number of hydrogen-bond donors (Lipinski definition) is 1. The van der Waals surface area contributed by atoms with Gasteiger partial charge in [-0.05, 0) is 38.3 Å². The quantitative estimate of drug-likeness (QED) is 0.779. The zero-order valence-electron chi connectivity index (χ0n) is 13.8. The fraction of sp³-hybridized carbons (Fsp3) is 0.471. The number of nitrogens with one attached hydrogen (secondary N) is 1. The fourth-order valence-electron chi connectivity index (χ4n) is 2.45. The molecule has 1 amide bonds. The Hall–Kier alpha value is -1.89. The van der Waals surface area contributed by atoms with Crippen LogP contribution in [0.15, 0.2) is 29.4 Å². The molecule has 1 atom stereocenters. The summed E-state index contributed by atoms with van der Waals surface area (Å²) in [6, 6.07) is 6.88. The van der Waals surface area contributed by atoms with E-state index in [0.29, 0.717) is 29.1 Å². The van der Waals surface area contributed by atoms with E-state index in [-0.39, 0.29) is 17.0 Å². The topological polar surface area (TPSA) is 59.8 Å². The standard InChI is InChI=1S/C17H21FN4OS/c1-3-10-19-16(23)11(2)24-17-21-20-15(22(17)12-8-9-12)13-6-4-5-7-14(13)18/h4-7,11-12H,3,8-10H2,1-2H3,(H,19,23)/t11-/m1/s1. The van der Waals surface area contributed by atoms with Gasteiger partial charge in [0, 0.05) is 12.6 Å². The molecule has 24 heavy (non-hydrogen) atoms. The van der Waals surface area contributed by atoms with Gasteiger partial charge in [-0.2, -0.15) is 0 Å². The van der Waals surface area contributed by atoms with Gasteiger partial charge in [0.15, 0.2) is 11.0 Å². The number of benzene rings is 1. The lowest BCUT2D eigenvalue weighted by atomic mass is 10.2. The highest BCUT2D eigenvalue weighted by Gasteiger charge is 2.32. The molecule has 2 aromatic rings. The molecule has 1 fully saturated rings. The third kappa shape index (κ3) is 3.61. The number of amides is 1. The minimum atomic E-state index is -0.308. The highest BCUT2D eigenvalue weighted by Crippen LogP contribution is 2.42. The van der Waals surface area contributed by atoms with Gasteiger partial charge < -0.3 is 5.32 Å². The number of rotatable bonds is 7. The first-order chi connectivity index (χ1) is 11.6. The number of carbonyl (C=O) groups excluding carboxylic acids is 1. The second kappa shape index (κ2) is 7.34. The minimum absolute atomic E-state index is 0.0142. The molecule has 0 spiro atoms. The largest absolute Gasteiger partial charge is 0.355 e. The summed E-state index contributed by atoms with van der Waals surface area (Å²) in [4.78, 5) is 12.1. The lowest BCUT2D eigenvalue weighted by Crippen LogP contribution is -2.31. The van der Waals surface area contributed by atoms with E-state index in [9.17, 15) is 9.18 Å². The fourth-order valence-corrected chi connectivity index (χ4v) is 3.39. The molecule has 1 aliphatic rings. The summed E-state index contributed by atoms with van der Waals surface area (Å²) in [5.41, 5.74) is 0.451. The van der Waals surface area contributed by atoms with Gasteiger partial charge in [0.25, 0.3) is 0 Å². The number of hydrogen-bond acceptors (Lipinski definition) is 4. The summed E-state index contributed by atoms with van der Waals surface area (Å²) in [6.45, 7) is 4.53. The molecule has 0 bridgehead atoms. The minimum Gasteiger partial charge on any atom is -0.355 e. The van der Waals surface area contributed by atoms with E-state index in [1.54, 1.807) is 18.2 Å². The van der Waals surface area contributed by atoms with Gasteiger partial charge in [0.2, 0.25) is 5.91 Å². The maximum Gasteiger partial charge on any atom is 0.233 e. The Morgan fingerprint density at radius 3 is 2.83 bits per heavy atom. The maximum absolute atomic E-state index is 14.1. The Kier molecular flexibility index (Phi) is 5.18. The molecule has 5 nitrogen and oxygen atoms in total. The average Bonchev–Trinajstić information content (AvgIpc) is 3.34. The van der Waals surface area contributed by atoms with E-state index in [1.165, 1.54) is 17.8 Å². The first kappa shape index (κ1) is 17.0. The summed E-state index contributed by atoms with van der Waals surface area (Å²) in [7, 11) is 0. The van der Waals surface area contributed by atoms with Gasteiger partial charge in [-0.1, -0.05) is 30.8 Å². The number of carbonyl (C=O) groups is 1. The zero-order chi connectivity index (χ0) is 17.1. The lowest BCUT2D eigenvalue weighted by molar-refractivity contribution is -0.120. The molecule has 1 aliphatic carbocycles. The Morgan fingerprint density at radius 2 is 2.17 bits per heavy atom. The van der Waals surface area contributed by atoms with Crippen molar-refractivity contribution in [1.29, 1.82) is 0 Å². The SMILES string of the molecule is CCCNC(=O)[C@@H](C)Sc1nnc(-c2ccccc2F)n1C1CC1. The van der Waals surface area contributed by atoms with Crippen molar-refractivity contribution >= 4 is 17.7 Å². The second-order valence-electron chi connectivity index (χ2n) is 5.94. The Morgan fingerprint density at radius 1 is 1.42 bits per heavy atom. The molecule has 0 aliphatic heterocycles. The van der Waals surface area contributed by atoms with Crippen LogP contribution >= 0.6 is 11.8 Å². The van der Waals surface area contributed by atoms with Gasteiger partial charge in [-0.15, -0.1) is 10.2 Å². The molecule has 1 aromatic heterocycles. The number of aromatic nitrogens is 3. The van der Waals surface area contributed by atoms with E-state index in [4.69, 9.17) is 0 Å². The van der Waals surface area contributed by atoms with Gasteiger partial charge in [-0.25, -0.2) is 4.39 Å². The van der Waals surface area contributed by atoms with Crippen LogP contribution in [0.1, 0.15) is 39.2 Å². The van der Waals surface area contributed by atoms with Crippen LogP contribution < -0.4 is 5.32 Å². The van der Waals surface area contributed by atoms with E-state index >= 15 is 0 Å². The lowest BCUT2D eigenvalue weighted by Gasteiger charge is -2.13. The highest BCUT2D eigenvalue weighted by atomic mass is 32.2. The van der Waals surface area contributed by atoms with E-state index in [1.807, 2.05) is 18.4 Å². The third-order valence-electron chi connectivity index (χ3n) is 3.89. The van der Waals surface area contributed by atoms with Crippen LogP contribution in [0.5, 0.6) is 0 Å². The van der Waals surface area contributed by atoms with Crippen LogP contribution in [0, 0.1) is 5.82 Å². The van der Waals surface area contributed by atoms with Crippen molar-refractivity contribution in [2.45, 2.75) is 49.6 Å². The average molecular weight is 348 g/mol. The summed E-state index contributed by atoms with van der Waals surface area (Å²) in [5, 5.41) is 11.7. The molecule has 1 N–H and O–H groups in total. The predicted molar refractivity (Wildman–Crippen MR) is 92.3 cm³/mol. The van der Waals surface area contributed by atoms with Crippen LogP contribution in [0.4, 0.5) is 4.39 Å². The van der Waals surface area contributed by atoms with Crippen molar-refractivity contribution in [3.05, 3.63) is 30.1 Å². The monoisotopic (exact) mass is 348 g/mol. The van der Waals surface area contributed by atoms with Crippen LogP contribution in [0.25, 0.3) is 11.4 Å². The van der Waals surface area contributed by atoms with Crippen molar-refractivity contribution in [3.63, 3.8) is 0 Å². The van der Waals surface area contributed by atoms with Gasteiger partial charge in [-0.3, -0.25) is 9.36 Å². The first-order valence-electron chi connectivity index (χ1n) is 8.26. The van der Waals surface area contributed by atoms with Crippen LogP contribution in [0.2, 0.25) is 0 Å². The number of thioether (sulfide) groups is 1. The maximum atomic E-state index is 14.1. The molecule has 0 saturated heterocycles. The predicted octanol–water partition coefficient (Wildman–Crippen LogP) is 3.43. The zero-order valence-corrected chi connectivity index (χ0v) is 14.6. The van der Waals surface area contributed by atoms with Crippen molar-refractivity contribution in [1.82, 2.24) is 20.1 Å². The third-order valence-corrected chi connectivity index (χ3v) is 4.95. The first-order valence-corrected chi connectivity index (χ1v) is 9.14. The molecule has 1 saturated carbocycles.